The summed E-state index contributed by atoms with van der Waals surface area (Å²) in [6.45, 7) is 0.352. The normalized spacial score (nSPS) is 10.3. The summed E-state index contributed by atoms with van der Waals surface area (Å²) in [7, 11) is 4.62. The lowest BCUT2D eigenvalue weighted by Crippen LogP contribution is -2.12. The first-order valence-corrected chi connectivity index (χ1v) is 9.50. The van der Waals surface area contributed by atoms with E-state index in [-0.39, 0.29) is 5.91 Å². The number of carbonyl (C=O) groups excluding carboxylic acids is 1. The number of methoxy groups -OCH3 is 3. The van der Waals surface area contributed by atoms with Crippen molar-refractivity contribution >= 4 is 23.2 Å². The second kappa shape index (κ2) is 9.89. The fourth-order valence-corrected chi connectivity index (χ4v) is 2.91. The van der Waals surface area contributed by atoms with Crippen LogP contribution in [0.3, 0.4) is 0 Å². The molecule has 0 fully saturated rings. The van der Waals surface area contributed by atoms with E-state index < -0.39 is 0 Å². The van der Waals surface area contributed by atoms with Crippen molar-refractivity contribution in [3.63, 3.8) is 0 Å². The summed E-state index contributed by atoms with van der Waals surface area (Å²) in [6.07, 6.45) is 0. The Hall–Kier alpha value is -3.38. The van der Waals surface area contributed by atoms with Crippen LogP contribution in [0.1, 0.15) is 15.9 Å². The van der Waals surface area contributed by atoms with E-state index in [4.69, 9.17) is 30.5 Å². The highest BCUT2D eigenvalue weighted by atomic mass is 35.5. The van der Waals surface area contributed by atoms with Gasteiger partial charge in [-0.1, -0.05) is 23.7 Å². The quantitative estimate of drug-likeness (QED) is 0.535. The zero-order valence-electron chi connectivity index (χ0n) is 16.9. The summed E-state index contributed by atoms with van der Waals surface area (Å²) < 4.78 is 21.7. The predicted octanol–water partition coefficient (Wildman–Crippen LogP) is 5.20. The van der Waals surface area contributed by atoms with Gasteiger partial charge in [0.1, 0.15) is 6.61 Å². The summed E-state index contributed by atoms with van der Waals surface area (Å²) in [4.78, 5) is 12.7. The number of hydrogen-bond donors (Lipinski definition) is 1. The van der Waals surface area contributed by atoms with Crippen LogP contribution in [-0.2, 0) is 6.61 Å². The molecule has 0 spiro atoms. The minimum absolute atomic E-state index is 0.287. The highest BCUT2D eigenvalue weighted by molar-refractivity contribution is 6.30. The number of benzene rings is 3. The van der Waals surface area contributed by atoms with Crippen LogP contribution in [0.2, 0.25) is 5.02 Å². The van der Waals surface area contributed by atoms with Crippen LogP contribution in [0, 0.1) is 0 Å². The number of carbonyl (C=O) groups is 1. The van der Waals surface area contributed by atoms with E-state index in [0.29, 0.717) is 45.9 Å². The van der Waals surface area contributed by atoms with Gasteiger partial charge < -0.3 is 24.3 Å². The zero-order valence-corrected chi connectivity index (χ0v) is 17.7. The van der Waals surface area contributed by atoms with Crippen molar-refractivity contribution in [3.05, 3.63) is 76.8 Å². The number of rotatable bonds is 8. The van der Waals surface area contributed by atoms with E-state index in [2.05, 4.69) is 5.32 Å². The van der Waals surface area contributed by atoms with Crippen molar-refractivity contribution in [3.8, 4) is 23.0 Å². The molecule has 0 heterocycles. The molecule has 3 rings (SSSR count). The van der Waals surface area contributed by atoms with Crippen molar-refractivity contribution < 1.29 is 23.7 Å². The maximum atomic E-state index is 12.7. The monoisotopic (exact) mass is 427 g/mol. The molecule has 0 aromatic heterocycles. The third-order valence-corrected chi connectivity index (χ3v) is 4.63. The molecule has 30 heavy (non-hydrogen) atoms. The van der Waals surface area contributed by atoms with Crippen molar-refractivity contribution in [1.29, 1.82) is 0 Å². The van der Waals surface area contributed by atoms with E-state index in [9.17, 15) is 4.79 Å². The predicted molar refractivity (Wildman–Crippen MR) is 116 cm³/mol. The third-order valence-electron chi connectivity index (χ3n) is 4.37. The van der Waals surface area contributed by atoms with Crippen LogP contribution in [0.25, 0.3) is 0 Å². The Kier molecular flexibility index (Phi) is 7.03. The van der Waals surface area contributed by atoms with Gasteiger partial charge in [0, 0.05) is 22.3 Å². The minimum atomic E-state index is -0.287. The highest BCUT2D eigenvalue weighted by Gasteiger charge is 2.13. The highest BCUT2D eigenvalue weighted by Crippen LogP contribution is 2.31. The Morgan fingerprint density at radius 2 is 1.43 bits per heavy atom. The summed E-state index contributed by atoms with van der Waals surface area (Å²) in [6, 6.07) is 17.6. The van der Waals surface area contributed by atoms with Gasteiger partial charge in [-0.25, -0.2) is 0 Å². The molecule has 0 saturated heterocycles. The molecule has 0 aliphatic carbocycles. The number of nitrogens with one attached hydrogen (secondary N) is 1. The molecule has 3 aromatic carbocycles. The Balaban J connectivity index is 1.71. The summed E-state index contributed by atoms with van der Waals surface area (Å²) in [5, 5.41) is 3.50. The molecular formula is C23H22ClNO5. The van der Waals surface area contributed by atoms with Gasteiger partial charge in [0.2, 0.25) is 0 Å². The van der Waals surface area contributed by atoms with Gasteiger partial charge in [0.25, 0.3) is 5.91 Å². The fourth-order valence-electron chi connectivity index (χ4n) is 2.79. The van der Waals surface area contributed by atoms with E-state index >= 15 is 0 Å². The van der Waals surface area contributed by atoms with Gasteiger partial charge in [0.05, 0.1) is 21.3 Å². The summed E-state index contributed by atoms with van der Waals surface area (Å²) in [5.41, 5.74) is 1.98. The first kappa shape index (κ1) is 21.3. The smallest absolute Gasteiger partial charge is 0.255 e. The molecule has 6 nitrogen and oxygen atoms in total. The molecule has 0 aliphatic heterocycles. The van der Waals surface area contributed by atoms with Crippen LogP contribution < -0.4 is 24.3 Å². The number of hydrogen-bond acceptors (Lipinski definition) is 5. The SMILES string of the molecule is COc1ccc(NC(=O)c2ccc(OCc3ccc(Cl)cc3)c(OC)c2)cc1OC. The van der Waals surface area contributed by atoms with E-state index in [0.717, 1.165) is 5.56 Å². The number of anilines is 1. The Bertz CT molecular complexity index is 1020. The van der Waals surface area contributed by atoms with E-state index in [1.165, 1.54) is 14.2 Å². The zero-order chi connectivity index (χ0) is 21.5. The largest absolute Gasteiger partial charge is 0.493 e. The molecule has 3 aromatic rings. The summed E-state index contributed by atoms with van der Waals surface area (Å²) >= 11 is 5.90. The van der Waals surface area contributed by atoms with E-state index in [1.807, 2.05) is 12.1 Å². The average molecular weight is 428 g/mol. The number of amides is 1. The molecule has 1 amide bonds. The fraction of sp³-hybridized carbons (Fsp3) is 0.174. The Labute approximate surface area is 180 Å². The summed E-state index contributed by atoms with van der Waals surface area (Å²) in [5.74, 6) is 1.82. The molecule has 0 saturated carbocycles. The average Bonchev–Trinajstić information content (AvgIpc) is 2.78. The lowest BCUT2D eigenvalue weighted by molar-refractivity contribution is 0.102. The van der Waals surface area contributed by atoms with Crippen LogP contribution in [-0.4, -0.2) is 27.2 Å². The van der Waals surface area contributed by atoms with Gasteiger partial charge in [-0.2, -0.15) is 0 Å². The molecule has 1 N–H and O–H groups in total. The van der Waals surface area contributed by atoms with Crippen molar-refractivity contribution in [2.75, 3.05) is 26.6 Å². The maximum Gasteiger partial charge on any atom is 0.255 e. The van der Waals surface area contributed by atoms with Crippen LogP contribution in [0.4, 0.5) is 5.69 Å². The van der Waals surface area contributed by atoms with E-state index in [1.54, 1.807) is 55.6 Å². The minimum Gasteiger partial charge on any atom is -0.493 e. The first-order valence-electron chi connectivity index (χ1n) is 9.12. The lowest BCUT2D eigenvalue weighted by Gasteiger charge is -2.13. The molecular weight excluding hydrogens is 406 g/mol. The van der Waals surface area contributed by atoms with Crippen LogP contribution >= 0.6 is 11.6 Å². The van der Waals surface area contributed by atoms with Crippen LogP contribution in [0.5, 0.6) is 23.0 Å². The molecule has 0 atom stereocenters. The van der Waals surface area contributed by atoms with Crippen LogP contribution in [0.15, 0.2) is 60.7 Å². The molecule has 0 bridgehead atoms. The third kappa shape index (κ3) is 5.15. The van der Waals surface area contributed by atoms with Gasteiger partial charge >= 0.3 is 0 Å². The molecule has 156 valence electrons. The number of halogens is 1. The first-order chi connectivity index (χ1) is 14.5. The lowest BCUT2D eigenvalue weighted by atomic mass is 10.1. The van der Waals surface area contributed by atoms with Crippen molar-refractivity contribution in [1.82, 2.24) is 0 Å². The van der Waals surface area contributed by atoms with Crippen molar-refractivity contribution in [2.45, 2.75) is 6.61 Å². The molecule has 7 heteroatoms. The Morgan fingerprint density at radius 3 is 2.10 bits per heavy atom. The Morgan fingerprint density at radius 1 is 0.800 bits per heavy atom. The van der Waals surface area contributed by atoms with Crippen molar-refractivity contribution in [2.24, 2.45) is 0 Å². The molecule has 0 aliphatic rings. The standard InChI is InChI=1S/C23H22ClNO5/c1-27-19-11-9-18(13-22(19)29-3)25-23(26)16-6-10-20(21(12-16)28-2)30-14-15-4-7-17(24)8-5-15/h4-13H,14H2,1-3H3,(H,25,26). The molecule has 0 unspecified atom stereocenters. The molecule has 0 radical (unpaired) electrons. The van der Waals surface area contributed by atoms with Gasteiger partial charge in [-0.05, 0) is 48.0 Å². The van der Waals surface area contributed by atoms with Gasteiger partial charge in [-0.3, -0.25) is 4.79 Å². The second-order valence-electron chi connectivity index (χ2n) is 6.30. The topological polar surface area (TPSA) is 66.0 Å². The maximum absolute atomic E-state index is 12.7. The van der Waals surface area contributed by atoms with Gasteiger partial charge in [0.15, 0.2) is 23.0 Å². The van der Waals surface area contributed by atoms with Gasteiger partial charge in [-0.15, -0.1) is 0 Å². The number of ether oxygens (including phenoxy) is 4. The second-order valence-corrected chi connectivity index (χ2v) is 6.74.